The summed E-state index contributed by atoms with van der Waals surface area (Å²) in [5.41, 5.74) is 8.11. The number of benzene rings is 1. The molecule has 1 aromatic heterocycles. The molecule has 0 saturated carbocycles. The van der Waals surface area contributed by atoms with E-state index in [1.165, 1.54) is 19.4 Å². The summed E-state index contributed by atoms with van der Waals surface area (Å²) in [6.45, 7) is 3.00. The molecule has 1 aromatic carbocycles. The third-order valence-electron chi connectivity index (χ3n) is 4.06. The molecule has 0 amide bonds. The van der Waals surface area contributed by atoms with Crippen LogP contribution < -0.4 is 5.73 Å². The third-order valence-corrected chi connectivity index (χ3v) is 4.06. The molecule has 1 saturated heterocycles. The molecule has 2 heterocycles. The number of nitrogens with zero attached hydrogens (tertiary/aromatic N) is 3. The molecule has 5 heteroatoms. The largest absolute Gasteiger partial charge is 0.439 e. The van der Waals surface area contributed by atoms with Gasteiger partial charge in [0.15, 0.2) is 5.58 Å². The number of nitrogens with two attached hydrogens (primary N) is 1. The van der Waals surface area contributed by atoms with Gasteiger partial charge in [0.25, 0.3) is 0 Å². The van der Waals surface area contributed by atoms with Gasteiger partial charge in [-0.15, -0.1) is 0 Å². The Morgan fingerprint density at radius 1 is 1.50 bits per heavy atom. The van der Waals surface area contributed by atoms with Gasteiger partial charge in [-0.25, -0.2) is 4.98 Å². The zero-order valence-electron chi connectivity index (χ0n) is 12.2. The Kier molecular flexibility index (Phi) is 3.63. The van der Waals surface area contributed by atoms with Crippen molar-refractivity contribution < 1.29 is 4.42 Å². The molecule has 2 aromatic rings. The predicted octanol–water partition coefficient (Wildman–Crippen LogP) is 1.94. The minimum absolute atomic E-state index is 0.653. The van der Waals surface area contributed by atoms with Gasteiger partial charge in [-0.1, -0.05) is 0 Å². The lowest BCUT2D eigenvalue weighted by Gasteiger charge is -2.24. The van der Waals surface area contributed by atoms with Crippen LogP contribution in [0.5, 0.6) is 0 Å². The summed E-state index contributed by atoms with van der Waals surface area (Å²) in [4.78, 5) is 9.22. The Labute approximate surface area is 119 Å². The monoisotopic (exact) mass is 274 g/mol. The maximum Gasteiger partial charge on any atom is 0.209 e. The fourth-order valence-electron chi connectivity index (χ4n) is 2.92. The van der Waals surface area contributed by atoms with Crippen LogP contribution in [0.3, 0.4) is 0 Å². The lowest BCUT2D eigenvalue weighted by Crippen LogP contribution is -2.36. The topological polar surface area (TPSA) is 58.5 Å². The molecule has 1 atom stereocenters. The van der Waals surface area contributed by atoms with Gasteiger partial charge in [0.05, 0.1) is 6.54 Å². The van der Waals surface area contributed by atoms with Crippen molar-refractivity contribution in [2.45, 2.75) is 25.4 Å². The second kappa shape index (κ2) is 5.42. The van der Waals surface area contributed by atoms with Crippen molar-refractivity contribution in [3.63, 3.8) is 0 Å². The highest BCUT2D eigenvalue weighted by atomic mass is 16.3. The molecule has 0 spiro atoms. The van der Waals surface area contributed by atoms with Gasteiger partial charge in [0.1, 0.15) is 5.52 Å². The van der Waals surface area contributed by atoms with Crippen LogP contribution in [-0.2, 0) is 6.54 Å². The van der Waals surface area contributed by atoms with Gasteiger partial charge in [-0.2, -0.15) is 0 Å². The second-order valence-electron chi connectivity index (χ2n) is 5.81. The quantitative estimate of drug-likeness (QED) is 0.863. The molecule has 108 valence electrons. The number of hydrogen-bond acceptors (Lipinski definition) is 5. The van der Waals surface area contributed by atoms with E-state index in [1.54, 1.807) is 0 Å². The molecule has 1 aliphatic rings. The first-order valence-corrected chi connectivity index (χ1v) is 7.15. The number of fused-ring (bicyclic) bond motifs is 1. The summed E-state index contributed by atoms with van der Waals surface area (Å²) in [7, 11) is 4.32. The normalized spacial score (nSPS) is 20.2. The predicted molar refractivity (Wildman–Crippen MR) is 80.4 cm³/mol. The Bertz CT molecular complexity index is 595. The number of aromatic nitrogens is 1. The molecule has 1 fully saturated rings. The van der Waals surface area contributed by atoms with Crippen molar-refractivity contribution in [2.75, 3.05) is 32.9 Å². The number of likely N-dealkylation sites (N-methyl/N-ethyl adjacent to an activating group) is 2. The minimum Gasteiger partial charge on any atom is -0.439 e. The van der Waals surface area contributed by atoms with Crippen LogP contribution in [0.15, 0.2) is 22.6 Å². The highest BCUT2D eigenvalue weighted by Crippen LogP contribution is 2.20. The zero-order chi connectivity index (χ0) is 14.1. The van der Waals surface area contributed by atoms with Crippen molar-refractivity contribution in [2.24, 2.45) is 0 Å². The van der Waals surface area contributed by atoms with Gasteiger partial charge in [0, 0.05) is 24.3 Å². The van der Waals surface area contributed by atoms with Crippen LogP contribution in [0.1, 0.15) is 18.7 Å². The SMILES string of the molecule is CN(Cc1nc2ccc(N)cc2o1)CC1CCCN1C. The Balaban J connectivity index is 1.66. The lowest BCUT2D eigenvalue weighted by atomic mass is 10.2. The first-order chi connectivity index (χ1) is 9.61. The second-order valence-corrected chi connectivity index (χ2v) is 5.81. The smallest absolute Gasteiger partial charge is 0.209 e. The number of anilines is 1. The van der Waals surface area contributed by atoms with Crippen molar-refractivity contribution in [1.29, 1.82) is 0 Å². The number of nitrogen functional groups attached to an aromatic ring is 1. The van der Waals surface area contributed by atoms with Crippen molar-refractivity contribution in [1.82, 2.24) is 14.8 Å². The van der Waals surface area contributed by atoms with Gasteiger partial charge in [0.2, 0.25) is 5.89 Å². The van der Waals surface area contributed by atoms with Gasteiger partial charge >= 0.3 is 0 Å². The number of rotatable bonds is 4. The van der Waals surface area contributed by atoms with Crippen molar-refractivity contribution in [3.8, 4) is 0 Å². The van der Waals surface area contributed by atoms with E-state index in [2.05, 4.69) is 28.9 Å². The van der Waals surface area contributed by atoms with Crippen LogP contribution in [-0.4, -0.2) is 48.0 Å². The molecule has 2 N–H and O–H groups in total. The summed E-state index contributed by atoms with van der Waals surface area (Å²) in [6, 6.07) is 6.24. The summed E-state index contributed by atoms with van der Waals surface area (Å²) in [6.07, 6.45) is 2.59. The highest BCUT2D eigenvalue weighted by molar-refractivity contribution is 5.76. The molecule has 0 bridgehead atoms. The average molecular weight is 274 g/mol. The van der Waals surface area contributed by atoms with Crippen LogP contribution in [0.25, 0.3) is 11.1 Å². The molecule has 0 radical (unpaired) electrons. The maximum atomic E-state index is 5.76. The molecular formula is C15H22N4O. The Morgan fingerprint density at radius 3 is 3.10 bits per heavy atom. The minimum atomic E-state index is 0.653. The van der Waals surface area contributed by atoms with Gasteiger partial charge < -0.3 is 15.1 Å². The molecule has 3 rings (SSSR count). The highest BCUT2D eigenvalue weighted by Gasteiger charge is 2.22. The fourth-order valence-corrected chi connectivity index (χ4v) is 2.92. The first kappa shape index (κ1) is 13.4. The Morgan fingerprint density at radius 2 is 2.35 bits per heavy atom. The van der Waals surface area contributed by atoms with E-state index in [0.717, 1.165) is 30.1 Å². The van der Waals surface area contributed by atoms with Crippen molar-refractivity contribution in [3.05, 3.63) is 24.1 Å². The van der Waals surface area contributed by atoms with Crippen LogP contribution in [0.4, 0.5) is 5.69 Å². The molecule has 20 heavy (non-hydrogen) atoms. The van der Waals surface area contributed by atoms with Gasteiger partial charge in [-0.05, 0) is 45.6 Å². The fraction of sp³-hybridized carbons (Fsp3) is 0.533. The van der Waals surface area contributed by atoms with Crippen LogP contribution in [0, 0.1) is 0 Å². The summed E-state index contributed by atoms with van der Waals surface area (Å²) in [5, 5.41) is 0. The lowest BCUT2D eigenvalue weighted by molar-refractivity contribution is 0.204. The molecule has 1 aliphatic heterocycles. The number of oxazole rings is 1. The van der Waals surface area contributed by atoms with E-state index in [0.29, 0.717) is 11.7 Å². The number of hydrogen-bond donors (Lipinski definition) is 1. The van der Waals surface area contributed by atoms with E-state index in [9.17, 15) is 0 Å². The first-order valence-electron chi connectivity index (χ1n) is 7.15. The molecule has 1 unspecified atom stereocenters. The van der Waals surface area contributed by atoms with E-state index < -0.39 is 0 Å². The van der Waals surface area contributed by atoms with E-state index in [-0.39, 0.29) is 0 Å². The van der Waals surface area contributed by atoms with Crippen LogP contribution >= 0.6 is 0 Å². The third kappa shape index (κ3) is 2.78. The molecule has 0 aliphatic carbocycles. The maximum absolute atomic E-state index is 5.76. The molecule has 5 nitrogen and oxygen atoms in total. The molecular weight excluding hydrogens is 252 g/mol. The Hall–Kier alpha value is -1.59. The van der Waals surface area contributed by atoms with Crippen LogP contribution in [0.2, 0.25) is 0 Å². The summed E-state index contributed by atoms with van der Waals surface area (Å²) in [5.74, 6) is 0.758. The summed E-state index contributed by atoms with van der Waals surface area (Å²) >= 11 is 0. The number of likely N-dealkylation sites (tertiary alicyclic amines) is 1. The summed E-state index contributed by atoms with van der Waals surface area (Å²) < 4.78 is 5.76. The standard InChI is InChI=1S/C15H22N4O/c1-18(9-12-4-3-7-19(12)2)10-15-17-13-6-5-11(16)8-14(13)20-15/h5-6,8,12H,3-4,7,9-10,16H2,1-2H3. The van der Waals surface area contributed by atoms with Crippen molar-refractivity contribution >= 4 is 16.8 Å². The zero-order valence-corrected chi connectivity index (χ0v) is 12.2. The van der Waals surface area contributed by atoms with E-state index in [1.807, 2.05) is 18.2 Å². The van der Waals surface area contributed by atoms with E-state index in [4.69, 9.17) is 10.2 Å². The van der Waals surface area contributed by atoms with E-state index >= 15 is 0 Å². The average Bonchev–Trinajstić information content (AvgIpc) is 2.95. The van der Waals surface area contributed by atoms with Gasteiger partial charge in [-0.3, -0.25) is 4.90 Å².